The summed E-state index contributed by atoms with van der Waals surface area (Å²) in [5.41, 5.74) is 0.964. The number of nitrogens with one attached hydrogen (secondary N) is 1. The fourth-order valence-corrected chi connectivity index (χ4v) is 6.70. The smallest absolute Gasteiger partial charge is 0.241 e. The van der Waals surface area contributed by atoms with Gasteiger partial charge in [0.25, 0.3) is 0 Å². The van der Waals surface area contributed by atoms with E-state index in [0.717, 1.165) is 52.4 Å². The Labute approximate surface area is 164 Å². The quantitative estimate of drug-likeness (QED) is 0.700. The molecule has 1 aliphatic rings. The number of thiophene rings is 1. The average molecular weight is 414 g/mol. The predicted molar refractivity (Wildman–Crippen MR) is 110 cm³/mol. The summed E-state index contributed by atoms with van der Waals surface area (Å²) in [6, 6.07) is 1.76. The first-order valence-electron chi connectivity index (χ1n) is 9.10. The zero-order chi connectivity index (χ0) is 18.7. The molecule has 3 heterocycles. The molecule has 0 bridgehead atoms. The Hall–Kier alpha value is -0.800. The van der Waals surface area contributed by atoms with Crippen LogP contribution in [0.1, 0.15) is 36.8 Å². The van der Waals surface area contributed by atoms with E-state index >= 15 is 0 Å². The molecular weight excluding hydrogens is 386 g/mol. The largest absolute Gasteiger partial charge is 0.303 e. The lowest BCUT2D eigenvalue weighted by Gasteiger charge is -2.30. The van der Waals surface area contributed by atoms with E-state index in [-0.39, 0.29) is 0 Å². The van der Waals surface area contributed by atoms with E-state index in [2.05, 4.69) is 21.5 Å². The van der Waals surface area contributed by atoms with Crippen LogP contribution in [0.15, 0.2) is 16.3 Å². The highest BCUT2D eigenvalue weighted by molar-refractivity contribution is 7.89. The molecule has 26 heavy (non-hydrogen) atoms. The summed E-state index contributed by atoms with van der Waals surface area (Å²) in [7, 11) is -3.46. The summed E-state index contributed by atoms with van der Waals surface area (Å²) in [5, 5.41) is 2.87. The van der Waals surface area contributed by atoms with Crippen molar-refractivity contribution in [1.29, 1.82) is 0 Å². The van der Waals surface area contributed by atoms with Crippen LogP contribution in [0, 0.1) is 19.8 Å². The van der Waals surface area contributed by atoms with Crippen LogP contribution in [0.2, 0.25) is 0 Å². The van der Waals surface area contributed by atoms with Crippen molar-refractivity contribution in [2.24, 2.45) is 5.92 Å². The van der Waals surface area contributed by atoms with Crippen LogP contribution < -0.4 is 4.72 Å². The third-order valence-corrected chi connectivity index (χ3v) is 8.71. The van der Waals surface area contributed by atoms with E-state index in [1.165, 1.54) is 24.2 Å². The lowest BCUT2D eigenvalue weighted by Crippen LogP contribution is -2.35. The molecule has 0 aliphatic carbocycles. The van der Waals surface area contributed by atoms with Crippen LogP contribution in [0.5, 0.6) is 0 Å². The number of hydrogen-bond donors (Lipinski definition) is 1. The number of thiazole rings is 1. The number of likely N-dealkylation sites (tertiary alicyclic amines) is 1. The van der Waals surface area contributed by atoms with Gasteiger partial charge in [-0.3, -0.25) is 0 Å². The van der Waals surface area contributed by atoms with Gasteiger partial charge in [0, 0.05) is 22.5 Å². The van der Waals surface area contributed by atoms with E-state index in [4.69, 9.17) is 0 Å². The van der Waals surface area contributed by atoms with Crippen LogP contribution in [0.3, 0.4) is 0 Å². The summed E-state index contributed by atoms with van der Waals surface area (Å²) in [5.74, 6) is 0.821. The van der Waals surface area contributed by atoms with Gasteiger partial charge in [-0.1, -0.05) is 6.92 Å². The zero-order valence-electron chi connectivity index (χ0n) is 15.6. The van der Waals surface area contributed by atoms with Crippen molar-refractivity contribution >= 4 is 32.7 Å². The van der Waals surface area contributed by atoms with Crippen LogP contribution in [0.4, 0.5) is 0 Å². The third-order valence-electron chi connectivity index (χ3n) is 4.81. The van der Waals surface area contributed by atoms with Gasteiger partial charge in [0.15, 0.2) is 0 Å². The molecule has 0 spiro atoms. The number of aryl methyl sites for hydroxylation is 2. The Bertz CT molecular complexity index is 834. The van der Waals surface area contributed by atoms with Crippen LogP contribution >= 0.6 is 22.7 Å². The highest BCUT2D eigenvalue weighted by Crippen LogP contribution is 2.35. The number of aromatic nitrogens is 1. The minimum Gasteiger partial charge on any atom is -0.303 e. The van der Waals surface area contributed by atoms with Crippen LogP contribution in [-0.4, -0.2) is 44.5 Å². The Balaban J connectivity index is 1.55. The van der Waals surface area contributed by atoms with E-state index < -0.39 is 10.0 Å². The van der Waals surface area contributed by atoms with Crippen molar-refractivity contribution in [3.63, 3.8) is 0 Å². The molecule has 0 radical (unpaired) electrons. The topological polar surface area (TPSA) is 62.3 Å². The normalized spacial score (nSPS) is 17.0. The van der Waals surface area contributed by atoms with Gasteiger partial charge in [-0.25, -0.2) is 18.1 Å². The summed E-state index contributed by atoms with van der Waals surface area (Å²) >= 11 is 3.04. The molecular formula is C18H27N3O2S3. The molecule has 0 saturated carbocycles. The van der Waals surface area contributed by atoms with E-state index in [1.807, 2.05) is 19.2 Å². The van der Waals surface area contributed by atoms with Gasteiger partial charge in [0.05, 0.1) is 9.77 Å². The second-order valence-electron chi connectivity index (χ2n) is 7.10. The molecule has 144 valence electrons. The van der Waals surface area contributed by atoms with Crippen LogP contribution in [-0.2, 0) is 10.0 Å². The van der Waals surface area contributed by atoms with Gasteiger partial charge in [-0.05, 0) is 64.7 Å². The Morgan fingerprint density at radius 1 is 1.31 bits per heavy atom. The SMILES string of the molecule is Cc1csc(-c2cc(S(=O)(=O)NCCCN3CCC(C)CC3)c(C)s2)n1. The second-order valence-corrected chi connectivity index (χ2v) is 11.0. The fraction of sp³-hybridized carbons (Fsp3) is 0.611. The lowest BCUT2D eigenvalue weighted by molar-refractivity contribution is 0.191. The summed E-state index contributed by atoms with van der Waals surface area (Å²) < 4.78 is 28.1. The summed E-state index contributed by atoms with van der Waals surface area (Å²) in [6.45, 7) is 9.82. The summed E-state index contributed by atoms with van der Waals surface area (Å²) in [6.07, 6.45) is 3.34. The molecule has 0 unspecified atom stereocenters. The molecule has 1 N–H and O–H groups in total. The Morgan fingerprint density at radius 2 is 2.04 bits per heavy atom. The van der Waals surface area contributed by atoms with Crippen molar-refractivity contribution in [3.05, 3.63) is 22.0 Å². The molecule has 0 aromatic carbocycles. The monoisotopic (exact) mass is 413 g/mol. The molecule has 1 aliphatic heterocycles. The van der Waals surface area contributed by atoms with Crippen molar-refractivity contribution in [2.45, 2.75) is 44.9 Å². The molecule has 2 aromatic rings. The molecule has 3 rings (SSSR count). The predicted octanol–water partition coefficient (Wildman–Crippen LogP) is 3.89. The maximum Gasteiger partial charge on any atom is 0.241 e. The average Bonchev–Trinajstić information content (AvgIpc) is 3.19. The van der Waals surface area contributed by atoms with Crippen molar-refractivity contribution in [1.82, 2.24) is 14.6 Å². The first-order valence-corrected chi connectivity index (χ1v) is 12.3. The Morgan fingerprint density at radius 3 is 2.69 bits per heavy atom. The first kappa shape index (κ1) is 19.9. The number of sulfonamides is 1. The van der Waals surface area contributed by atoms with Gasteiger partial charge in [-0.2, -0.15) is 0 Å². The standard InChI is InChI=1S/C18H27N3O2S3/c1-13-5-9-21(10-6-13)8-4-7-19-26(22,23)17-11-16(25-15(17)3)18-20-14(2)12-24-18/h11-13,19H,4-10H2,1-3H3. The zero-order valence-corrected chi connectivity index (χ0v) is 18.1. The molecule has 8 heteroatoms. The molecule has 5 nitrogen and oxygen atoms in total. The minimum absolute atomic E-state index is 0.386. The fourth-order valence-electron chi connectivity index (χ4n) is 3.18. The van der Waals surface area contributed by atoms with Gasteiger partial charge >= 0.3 is 0 Å². The number of rotatable bonds is 7. The highest BCUT2D eigenvalue weighted by Gasteiger charge is 2.21. The third kappa shape index (κ3) is 4.92. The number of nitrogens with zero attached hydrogens (tertiary/aromatic N) is 2. The van der Waals surface area contributed by atoms with Gasteiger partial charge in [-0.15, -0.1) is 22.7 Å². The molecule has 1 fully saturated rings. The van der Waals surface area contributed by atoms with Crippen molar-refractivity contribution in [2.75, 3.05) is 26.2 Å². The number of piperidine rings is 1. The van der Waals surface area contributed by atoms with Gasteiger partial charge in [0.2, 0.25) is 10.0 Å². The van der Waals surface area contributed by atoms with E-state index in [0.29, 0.717) is 11.4 Å². The van der Waals surface area contributed by atoms with Gasteiger partial charge in [0.1, 0.15) is 5.01 Å². The maximum atomic E-state index is 12.7. The van der Waals surface area contributed by atoms with E-state index in [1.54, 1.807) is 17.4 Å². The van der Waals surface area contributed by atoms with E-state index in [9.17, 15) is 8.42 Å². The lowest BCUT2D eigenvalue weighted by atomic mass is 9.99. The van der Waals surface area contributed by atoms with Crippen molar-refractivity contribution < 1.29 is 8.42 Å². The molecule has 1 saturated heterocycles. The minimum atomic E-state index is -3.46. The number of hydrogen-bond acceptors (Lipinski definition) is 6. The maximum absolute atomic E-state index is 12.7. The van der Waals surface area contributed by atoms with Crippen molar-refractivity contribution in [3.8, 4) is 9.88 Å². The van der Waals surface area contributed by atoms with Crippen LogP contribution in [0.25, 0.3) is 9.88 Å². The first-order chi connectivity index (χ1) is 12.3. The molecule has 0 atom stereocenters. The van der Waals surface area contributed by atoms with Gasteiger partial charge < -0.3 is 4.90 Å². The molecule has 2 aromatic heterocycles. The second kappa shape index (κ2) is 8.48. The Kier molecular flexibility index (Phi) is 6.50. The highest BCUT2D eigenvalue weighted by atomic mass is 32.2. The molecule has 0 amide bonds. The summed E-state index contributed by atoms with van der Waals surface area (Å²) in [4.78, 5) is 9.01.